The second kappa shape index (κ2) is 6.02. The standard InChI is InChI=1S/C14H30N2/c1-5-7-8-16(13(4)6-2)14(11-15)9-12(3)10-14/h12-13H,5-11,15H2,1-4H3. The summed E-state index contributed by atoms with van der Waals surface area (Å²) in [5.41, 5.74) is 6.39. The normalized spacial score (nSPS) is 31.5. The van der Waals surface area contributed by atoms with Gasteiger partial charge in [0.2, 0.25) is 0 Å². The molecule has 1 saturated carbocycles. The van der Waals surface area contributed by atoms with E-state index < -0.39 is 0 Å². The zero-order valence-corrected chi connectivity index (χ0v) is 11.6. The molecule has 2 N–H and O–H groups in total. The quantitative estimate of drug-likeness (QED) is 0.723. The second-order valence-corrected chi connectivity index (χ2v) is 5.75. The first-order chi connectivity index (χ1) is 7.59. The predicted octanol–water partition coefficient (Wildman–Crippen LogP) is 3.01. The summed E-state index contributed by atoms with van der Waals surface area (Å²) in [6, 6.07) is 0.683. The smallest absolute Gasteiger partial charge is 0.0339 e. The molecule has 0 spiro atoms. The predicted molar refractivity (Wildman–Crippen MR) is 71.6 cm³/mol. The lowest BCUT2D eigenvalue weighted by Gasteiger charge is -2.55. The summed E-state index contributed by atoms with van der Waals surface area (Å²) in [7, 11) is 0. The molecule has 0 aromatic rings. The van der Waals surface area contributed by atoms with Crippen LogP contribution in [0.15, 0.2) is 0 Å². The van der Waals surface area contributed by atoms with Crippen LogP contribution in [0.3, 0.4) is 0 Å². The minimum Gasteiger partial charge on any atom is -0.329 e. The number of hydrogen-bond acceptors (Lipinski definition) is 2. The van der Waals surface area contributed by atoms with E-state index in [4.69, 9.17) is 5.73 Å². The zero-order chi connectivity index (χ0) is 12.2. The van der Waals surface area contributed by atoms with E-state index in [1.54, 1.807) is 0 Å². The molecule has 96 valence electrons. The summed E-state index contributed by atoms with van der Waals surface area (Å²) in [5.74, 6) is 0.872. The molecule has 0 aromatic heterocycles. The van der Waals surface area contributed by atoms with Crippen LogP contribution in [0.25, 0.3) is 0 Å². The van der Waals surface area contributed by atoms with Crippen LogP contribution in [-0.4, -0.2) is 29.6 Å². The van der Waals surface area contributed by atoms with Gasteiger partial charge in [-0.3, -0.25) is 4.90 Å². The van der Waals surface area contributed by atoms with Crippen molar-refractivity contribution in [2.24, 2.45) is 11.7 Å². The van der Waals surface area contributed by atoms with Gasteiger partial charge in [-0.25, -0.2) is 0 Å². The second-order valence-electron chi connectivity index (χ2n) is 5.75. The number of unbranched alkanes of at least 4 members (excludes halogenated alkanes) is 1. The number of rotatable bonds is 7. The number of nitrogens with two attached hydrogens (primary N) is 1. The van der Waals surface area contributed by atoms with Crippen LogP contribution in [0.2, 0.25) is 0 Å². The van der Waals surface area contributed by atoms with Gasteiger partial charge in [-0.05, 0) is 45.1 Å². The van der Waals surface area contributed by atoms with E-state index in [1.807, 2.05) is 0 Å². The van der Waals surface area contributed by atoms with E-state index in [9.17, 15) is 0 Å². The lowest BCUT2D eigenvalue weighted by Crippen LogP contribution is -2.63. The molecule has 1 aliphatic rings. The SMILES string of the molecule is CCCCN(C(C)CC)C1(CN)CC(C)C1. The maximum atomic E-state index is 6.05. The Morgan fingerprint density at radius 1 is 1.38 bits per heavy atom. The van der Waals surface area contributed by atoms with Gasteiger partial charge < -0.3 is 5.73 Å². The Morgan fingerprint density at radius 3 is 2.38 bits per heavy atom. The molecule has 0 amide bonds. The molecule has 1 rings (SSSR count). The van der Waals surface area contributed by atoms with Crippen molar-refractivity contribution in [1.29, 1.82) is 0 Å². The van der Waals surface area contributed by atoms with E-state index >= 15 is 0 Å². The van der Waals surface area contributed by atoms with E-state index in [2.05, 4.69) is 32.6 Å². The van der Waals surface area contributed by atoms with E-state index in [-0.39, 0.29) is 0 Å². The third-order valence-corrected chi connectivity index (χ3v) is 4.32. The Labute approximate surface area is 102 Å². The molecule has 2 nitrogen and oxygen atoms in total. The van der Waals surface area contributed by atoms with E-state index in [0.717, 1.165) is 12.5 Å². The molecular weight excluding hydrogens is 196 g/mol. The van der Waals surface area contributed by atoms with Crippen molar-refractivity contribution >= 4 is 0 Å². The van der Waals surface area contributed by atoms with Gasteiger partial charge >= 0.3 is 0 Å². The van der Waals surface area contributed by atoms with Gasteiger partial charge in [0.1, 0.15) is 0 Å². The van der Waals surface area contributed by atoms with E-state index in [1.165, 1.54) is 38.6 Å². The molecule has 0 aliphatic heterocycles. The Bertz CT molecular complexity index is 197. The highest BCUT2D eigenvalue weighted by atomic mass is 15.2. The molecular formula is C14H30N2. The van der Waals surface area contributed by atoms with Crippen LogP contribution in [0.5, 0.6) is 0 Å². The fourth-order valence-electron chi connectivity index (χ4n) is 3.23. The molecule has 1 aliphatic carbocycles. The highest BCUT2D eigenvalue weighted by molar-refractivity contribution is 5.03. The highest BCUT2D eigenvalue weighted by Crippen LogP contribution is 2.42. The van der Waals surface area contributed by atoms with Crippen molar-refractivity contribution in [3.05, 3.63) is 0 Å². The molecule has 16 heavy (non-hydrogen) atoms. The third kappa shape index (κ3) is 2.78. The summed E-state index contributed by atoms with van der Waals surface area (Å²) in [6.07, 6.45) is 6.43. The van der Waals surface area contributed by atoms with Crippen molar-refractivity contribution in [3.8, 4) is 0 Å². The lowest BCUT2D eigenvalue weighted by molar-refractivity contribution is -0.0385. The molecule has 0 saturated heterocycles. The third-order valence-electron chi connectivity index (χ3n) is 4.32. The Balaban J connectivity index is 2.66. The van der Waals surface area contributed by atoms with Crippen molar-refractivity contribution in [3.63, 3.8) is 0 Å². The minimum atomic E-state index is 0.337. The van der Waals surface area contributed by atoms with Crippen LogP contribution in [0, 0.1) is 5.92 Å². The summed E-state index contributed by atoms with van der Waals surface area (Å²) < 4.78 is 0. The fourth-order valence-corrected chi connectivity index (χ4v) is 3.23. The molecule has 0 heterocycles. The van der Waals surface area contributed by atoms with E-state index in [0.29, 0.717) is 11.6 Å². The molecule has 1 unspecified atom stereocenters. The maximum Gasteiger partial charge on any atom is 0.0339 e. The van der Waals surface area contributed by atoms with Crippen molar-refractivity contribution in [1.82, 2.24) is 4.90 Å². The first kappa shape index (κ1) is 14.0. The van der Waals surface area contributed by atoms with Gasteiger partial charge in [0, 0.05) is 18.1 Å². The zero-order valence-electron chi connectivity index (χ0n) is 11.6. The van der Waals surface area contributed by atoms with Crippen LogP contribution < -0.4 is 5.73 Å². The van der Waals surface area contributed by atoms with Gasteiger partial charge in [-0.1, -0.05) is 27.2 Å². The summed E-state index contributed by atoms with van der Waals surface area (Å²) in [6.45, 7) is 11.3. The summed E-state index contributed by atoms with van der Waals surface area (Å²) in [4.78, 5) is 2.70. The van der Waals surface area contributed by atoms with Crippen molar-refractivity contribution < 1.29 is 0 Å². The van der Waals surface area contributed by atoms with Crippen LogP contribution in [0.1, 0.15) is 59.8 Å². The van der Waals surface area contributed by atoms with Gasteiger partial charge in [0.15, 0.2) is 0 Å². The minimum absolute atomic E-state index is 0.337. The monoisotopic (exact) mass is 226 g/mol. The van der Waals surface area contributed by atoms with Crippen LogP contribution in [0.4, 0.5) is 0 Å². The molecule has 0 aromatic carbocycles. The van der Waals surface area contributed by atoms with Gasteiger partial charge in [0.25, 0.3) is 0 Å². The first-order valence-corrected chi connectivity index (χ1v) is 7.06. The summed E-state index contributed by atoms with van der Waals surface area (Å²) in [5, 5.41) is 0. The Hall–Kier alpha value is -0.0800. The van der Waals surface area contributed by atoms with Gasteiger partial charge in [-0.2, -0.15) is 0 Å². The summed E-state index contributed by atoms with van der Waals surface area (Å²) >= 11 is 0. The molecule has 0 bridgehead atoms. The lowest BCUT2D eigenvalue weighted by atomic mass is 9.67. The molecule has 1 atom stereocenters. The van der Waals surface area contributed by atoms with Crippen LogP contribution in [-0.2, 0) is 0 Å². The molecule has 2 heteroatoms. The van der Waals surface area contributed by atoms with Crippen molar-refractivity contribution in [2.45, 2.75) is 71.4 Å². The topological polar surface area (TPSA) is 29.3 Å². The van der Waals surface area contributed by atoms with Gasteiger partial charge in [0.05, 0.1) is 0 Å². The van der Waals surface area contributed by atoms with Gasteiger partial charge in [-0.15, -0.1) is 0 Å². The Morgan fingerprint density at radius 2 is 2.00 bits per heavy atom. The van der Waals surface area contributed by atoms with Crippen LogP contribution >= 0.6 is 0 Å². The largest absolute Gasteiger partial charge is 0.329 e. The fraction of sp³-hybridized carbons (Fsp3) is 1.00. The van der Waals surface area contributed by atoms with Crippen molar-refractivity contribution in [2.75, 3.05) is 13.1 Å². The number of nitrogens with zero attached hydrogens (tertiary/aromatic N) is 1. The average Bonchev–Trinajstić information content (AvgIpc) is 2.25. The first-order valence-electron chi connectivity index (χ1n) is 7.06. The highest BCUT2D eigenvalue weighted by Gasteiger charge is 2.46. The average molecular weight is 226 g/mol. The number of hydrogen-bond donors (Lipinski definition) is 1. The molecule has 1 fully saturated rings. The maximum absolute atomic E-state index is 6.05. The molecule has 0 radical (unpaired) electrons. The Kier molecular flexibility index (Phi) is 5.26.